The second kappa shape index (κ2) is 11.3. The molecule has 9 nitrogen and oxygen atoms in total. The maximum Gasteiger partial charge on any atom is 0.436 e. The Morgan fingerprint density at radius 1 is 1.19 bits per heavy atom. The van der Waals surface area contributed by atoms with E-state index in [-0.39, 0.29) is 17.8 Å². The lowest BCUT2D eigenvalue weighted by Gasteiger charge is -2.30. The highest BCUT2D eigenvalue weighted by molar-refractivity contribution is 6.16. The molecule has 0 unspecified atom stereocenters. The minimum absolute atomic E-state index is 0.124. The summed E-state index contributed by atoms with van der Waals surface area (Å²) in [4.78, 5) is 26.4. The van der Waals surface area contributed by atoms with Crippen LogP contribution >= 0.6 is 0 Å². The Kier molecular flexibility index (Phi) is 8.52. The highest BCUT2D eigenvalue weighted by Gasteiger charge is 2.48. The van der Waals surface area contributed by atoms with E-state index in [1.807, 2.05) is 12.1 Å². The first-order chi connectivity index (χ1) is 15.4. The van der Waals surface area contributed by atoms with Gasteiger partial charge in [0, 0.05) is 13.1 Å². The number of nitrogens with two attached hydrogens (primary N) is 1. The normalized spacial score (nSPS) is 17.9. The zero-order valence-corrected chi connectivity index (χ0v) is 18.5. The van der Waals surface area contributed by atoms with E-state index in [2.05, 4.69) is 28.1 Å². The van der Waals surface area contributed by atoms with Crippen molar-refractivity contribution in [3.8, 4) is 0 Å². The summed E-state index contributed by atoms with van der Waals surface area (Å²) in [7, 11) is -0.535. The van der Waals surface area contributed by atoms with Gasteiger partial charge in [0.2, 0.25) is 11.8 Å². The minimum Gasteiger partial charge on any atom is -0.430 e. The molecule has 1 aromatic carbocycles. The highest BCUT2D eigenvalue weighted by atomic mass is 16.5. The fraction of sp³-hybridized carbons (Fsp3) is 0.591. The third-order valence-electron chi connectivity index (χ3n) is 6.54. The molecule has 7 N–H and O–H groups in total. The molecule has 1 saturated carbocycles. The summed E-state index contributed by atoms with van der Waals surface area (Å²) in [5.41, 5.74) is 6.84. The van der Waals surface area contributed by atoms with Gasteiger partial charge < -0.3 is 31.4 Å². The molecule has 0 radical (unpaired) electrons. The van der Waals surface area contributed by atoms with Gasteiger partial charge in [-0.1, -0.05) is 37.1 Å². The molecule has 2 aliphatic carbocycles. The minimum atomic E-state index is -1.10. The van der Waals surface area contributed by atoms with E-state index in [0.717, 1.165) is 25.7 Å². The monoisotopic (exact) mass is 443 g/mol. The van der Waals surface area contributed by atoms with Gasteiger partial charge in [-0.2, -0.15) is 0 Å². The maximum atomic E-state index is 13.2. The standard InChI is InChI=1S/C22H34BN5O4/c24-21(25)26-11-5-8-18(32-23-31)28-20(30)22(9-3-4-10-22)19(29)27-14-15-12-16-6-1-2-7-17(16)13-15/h1-2,6-7,15,18,23,31H,3-5,8-14H2,(H,27,29)(H,28,30)(H4,24,25,26)/t18-/m1/s1. The largest absolute Gasteiger partial charge is 0.436 e. The highest BCUT2D eigenvalue weighted by Crippen LogP contribution is 2.39. The summed E-state index contributed by atoms with van der Waals surface area (Å²) >= 11 is 0. The second-order valence-electron chi connectivity index (χ2n) is 8.78. The molecule has 0 bridgehead atoms. The number of fused-ring (bicyclic) bond motifs is 1. The second-order valence-corrected chi connectivity index (χ2v) is 8.78. The molecule has 2 aliphatic rings. The molecule has 0 aromatic heterocycles. The third-order valence-corrected chi connectivity index (χ3v) is 6.54. The van der Waals surface area contributed by atoms with Crippen LogP contribution in [0.25, 0.3) is 0 Å². The topological polar surface area (TPSA) is 150 Å². The summed E-state index contributed by atoms with van der Waals surface area (Å²) in [6, 6.07) is 8.35. The van der Waals surface area contributed by atoms with Gasteiger partial charge in [0.15, 0.2) is 5.96 Å². The van der Waals surface area contributed by atoms with Crippen molar-refractivity contribution in [3.63, 3.8) is 0 Å². The van der Waals surface area contributed by atoms with Crippen LogP contribution in [0.1, 0.15) is 49.7 Å². The first-order valence-corrected chi connectivity index (χ1v) is 11.4. The molecular formula is C22H34BN5O4. The lowest BCUT2D eigenvalue weighted by molar-refractivity contribution is -0.145. The number of carbonyl (C=O) groups is 2. The van der Waals surface area contributed by atoms with Gasteiger partial charge in [-0.15, -0.1) is 0 Å². The Labute approximate surface area is 189 Å². The molecule has 1 atom stereocenters. The number of hydrogen-bond donors (Lipinski definition) is 6. The van der Waals surface area contributed by atoms with Crippen molar-refractivity contribution in [3.05, 3.63) is 35.4 Å². The Hall–Kier alpha value is -2.59. The summed E-state index contributed by atoms with van der Waals surface area (Å²) in [6.45, 7) is 1.00. The summed E-state index contributed by atoms with van der Waals surface area (Å²) in [6.07, 6.45) is 4.83. The Bertz CT molecular complexity index is 790. The zero-order chi connectivity index (χ0) is 23.0. The Balaban J connectivity index is 1.55. The van der Waals surface area contributed by atoms with E-state index in [0.29, 0.717) is 44.7 Å². The lowest BCUT2D eigenvalue weighted by atomic mass is 9.83. The van der Waals surface area contributed by atoms with Gasteiger partial charge in [-0.05, 0) is 55.6 Å². The van der Waals surface area contributed by atoms with Crippen molar-refractivity contribution in [1.82, 2.24) is 16.0 Å². The molecule has 0 aliphatic heterocycles. The van der Waals surface area contributed by atoms with Crippen LogP contribution < -0.4 is 21.7 Å². The first kappa shape index (κ1) is 24.1. The average Bonchev–Trinajstić information content (AvgIpc) is 3.42. The van der Waals surface area contributed by atoms with E-state index in [1.165, 1.54) is 11.1 Å². The van der Waals surface area contributed by atoms with Crippen LogP contribution in [0.3, 0.4) is 0 Å². The van der Waals surface area contributed by atoms with E-state index in [1.54, 1.807) is 0 Å². The van der Waals surface area contributed by atoms with Crippen molar-refractivity contribution in [2.24, 2.45) is 17.1 Å². The van der Waals surface area contributed by atoms with Crippen LogP contribution in [0.2, 0.25) is 0 Å². The smallest absolute Gasteiger partial charge is 0.430 e. The number of hydrogen-bond acceptors (Lipinski definition) is 5. The van der Waals surface area contributed by atoms with Gasteiger partial charge in [0.05, 0.1) is 0 Å². The molecule has 10 heteroatoms. The Morgan fingerprint density at radius 3 is 2.44 bits per heavy atom. The molecule has 0 heterocycles. The molecule has 32 heavy (non-hydrogen) atoms. The van der Waals surface area contributed by atoms with Crippen molar-refractivity contribution in [2.45, 2.75) is 57.6 Å². The number of nitrogens with one attached hydrogen (secondary N) is 4. The summed E-state index contributed by atoms with van der Waals surface area (Å²) in [5.74, 6) is -0.345. The quantitative estimate of drug-likeness (QED) is 0.0711. The van der Waals surface area contributed by atoms with Crippen molar-refractivity contribution < 1.29 is 19.3 Å². The van der Waals surface area contributed by atoms with Crippen LogP contribution in [0.5, 0.6) is 0 Å². The number of carbonyl (C=O) groups excluding carboxylic acids is 2. The number of benzene rings is 1. The van der Waals surface area contributed by atoms with Crippen LogP contribution in [0.4, 0.5) is 0 Å². The number of amides is 2. The number of rotatable bonds is 11. The van der Waals surface area contributed by atoms with E-state index >= 15 is 0 Å². The predicted octanol–water partition coefficient (Wildman–Crippen LogP) is 0.0590. The van der Waals surface area contributed by atoms with Gasteiger partial charge >= 0.3 is 7.69 Å². The van der Waals surface area contributed by atoms with Crippen molar-refractivity contribution >= 4 is 25.5 Å². The van der Waals surface area contributed by atoms with Gasteiger partial charge in [-0.25, -0.2) is 0 Å². The average molecular weight is 443 g/mol. The third kappa shape index (κ3) is 6.01. The first-order valence-electron chi connectivity index (χ1n) is 11.4. The fourth-order valence-electron chi connectivity index (χ4n) is 4.82. The SMILES string of the molecule is N=C(N)NCCC[C@H](NC(=O)C1(C(=O)NCC2Cc3ccccc3C2)CCCC1)OBO. The lowest BCUT2D eigenvalue weighted by Crippen LogP contribution is -2.53. The van der Waals surface area contributed by atoms with Crippen molar-refractivity contribution in [2.75, 3.05) is 13.1 Å². The van der Waals surface area contributed by atoms with E-state index < -0.39 is 19.3 Å². The molecule has 1 aromatic rings. The Morgan fingerprint density at radius 2 is 1.84 bits per heavy atom. The van der Waals surface area contributed by atoms with Gasteiger partial charge in [-0.3, -0.25) is 15.0 Å². The molecule has 0 spiro atoms. The molecular weight excluding hydrogens is 409 g/mol. The molecule has 3 rings (SSSR count). The van der Waals surface area contributed by atoms with Crippen LogP contribution in [-0.4, -0.2) is 49.8 Å². The molecule has 0 saturated heterocycles. The predicted molar refractivity (Wildman–Crippen MR) is 123 cm³/mol. The number of guanidine groups is 1. The van der Waals surface area contributed by atoms with Crippen LogP contribution in [0.15, 0.2) is 24.3 Å². The van der Waals surface area contributed by atoms with Gasteiger partial charge in [0.25, 0.3) is 0 Å². The summed E-state index contributed by atoms with van der Waals surface area (Å²) < 4.78 is 5.26. The van der Waals surface area contributed by atoms with Gasteiger partial charge in [0.1, 0.15) is 11.6 Å². The van der Waals surface area contributed by atoms with E-state index in [9.17, 15) is 14.6 Å². The zero-order valence-electron chi connectivity index (χ0n) is 18.5. The molecule has 2 amide bonds. The molecule has 174 valence electrons. The van der Waals surface area contributed by atoms with Crippen LogP contribution in [0, 0.1) is 16.7 Å². The maximum absolute atomic E-state index is 13.2. The van der Waals surface area contributed by atoms with E-state index in [4.69, 9.17) is 15.8 Å². The fourth-order valence-corrected chi connectivity index (χ4v) is 4.82. The summed E-state index contributed by atoms with van der Waals surface area (Å²) in [5, 5.41) is 24.9. The molecule has 1 fully saturated rings. The van der Waals surface area contributed by atoms with Crippen LogP contribution in [-0.2, 0) is 27.1 Å². The van der Waals surface area contributed by atoms with Crippen molar-refractivity contribution in [1.29, 1.82) is 5.41 Å².